The number of hydrogen-bond acceptors (Lipinski definition) is 2. The fourth-order valence-corrected chi connectivity index (χ4v) is 3.49. The molecular formula is C9H7Br3O2. The van der Waals surface area contributed by atoms with Crippen LogP contribution in [0, 0.1) is 0 Å². The fourth-order valence-electron chi connectivity index (χ4n) is 1.01. The normalized spacial score (nSPS) is 19.5. The van der Waals surface area contributed by atoms with Gasteiger partial charge in [0.05, 0.1) is 15.6 Å². The number of rotatable bonds is 3. The molecular weight excluding hydrogens is 380 g/mol. The highest BCUT2D eigenvalue weighted by Crippen LogP contribution is 2.36. The van der Waals surface area contributed by atoms with E-state index >= 15 is 0 Å². The Hall–Kier alpha value is 0.420. The predicted molar refractivity (Wildman–Crippen MR) is 64.8 cm³/mol. The van der Waals surface area contributed by atoms with Crippen LogP contribution in [0.3, 0.4) is 0 Å². The van der Waals surface area contributed by atoms with Gasteiger partial charge in [0.25, 0.3) is 0 Å². The Morgan fingerprint density at radius 1 is 1.29 bits per heavy atom. The zero-order chi connectivity index (χ0) is 10.1. The number of benzene rings is 1. The third kappa shape index (κ3) is 2.72. The van der Waals surface area contributed by atoms with E-state index in [4.69, 9.17) is 9.47 Å². The summed E-state index contributed by atoms with van der Waals surface area (Å²) in [7, 11) is 0. The first-order valence-electron chi connectivity index (χ1n) is 4.06. The second-order valence-corrected chi connectivity index (χ2v) is 5.59. The molecule has 1 aliphatic heterocycles. The van der Waals surface area contributed by atoms with Gasteiger partial charge in [0.1, 0.15) is 18.5 Å². The van der Waals surface area contributed by atoms with Crippen LogP contribution in [-0.4, -0.2) is 19.3 Å². The van der Waals surface area contributed by atoms with Crippen molar-refractivity contribution in [1.82, 2.24) is 0 Å². The number of halogens is 3. The van der Waals surface area contributed by atoms with Gasteiger partial charge in [0, 0.05) is 4.47 Å². The third-order valence-electron chi connectivity index (χ3n) is 1.78. The molecule has 2 nitrogen and oxygen atoms in total. The minimum Gasteiger partial charge on any atom is -0.488 e. The summed E-state index contributed by atoms with van der Waals surface area (Å²) in [5, 5.41) is 0. The Bertz CT molecular complexity index is 327. The molecule has 2 rings (SSSR count). The van der Waals surface area contributed by atoms with Gasteiger partial charge in [-0.25, -0.2) is 0 Å². The molecule has 0 N–H and O–H groups in total. The highest BCUT2D eigenvalue weighted by Gasteiger charge is 2.24. The fraction of sp³-hybridized carbons (Fsp3) is 0.333. The number of hydrogen-bond donors (Lipinski definition) is 0. The van der Waals surface area contributed by atoms with Crippen LogP contribution in [0.2, 0.25) is 0 Å². The predicted octanol–water partition coefficient (Wildman–Crippen LogP) is 3.75. The summed E-state index contributed by atoms with van der Waals surface area (Å²) in [6, 6.07) is 3.90. The Morgan fingerprint density at radius 3 is 2.36 bits per heavy atom. The lowest BCUT2D eigenvalue weighted by molar-refractivity contribution is 0.260. The largest absolute Gasteiger partial charge is 0.488 e. The van der Waals surface area contributed by atoms with Gasteiger partial charge in [-0.1, -0.05) is 15.9 Å². The SMILES string of the molecule is Brc1cc(Br)c(OC[C@@H]2CO2)c(Br)c1. The van der Waals surface area contributed by atoms with Gasteiger partial charge in [-0.15, -0.1) is 0 Å². The van der Waals surface area contributed by atoms with E-state index in [1.165, 1.54) is 0 Å². The van der Waals surface area contributed by atoms with Crippen molar-refractivity contribution in [3.63, 3.8) is 0 Å². The third-order valence-corrected chi connectivity index (χ3v) is 3.41. The Labute approximate surface area is 107 Å². The van der Waals surface area contributed by atoms with Crippen LogP contribution >= 0.6 is 47.8 Å². The summed E-state index contributed by atoms with van der Waals surface area (Å²) in [5.41, 5.74) is 0. The molecule has 14 heavy (non-hydrogen) atoms. The van der Waals surface area contributed by atoms with E-state index in [0.717, 1.165) is 25.8 Å². The van der Waals surface area contributed by atoms with E-state index in [1.54, 1.807) is 0 Å². The van der Waals surface area contributed by atoms with Gasteiger partial charge >= 0.3 is 0 Å². The summed E-state index contributed by atoms with van der Waals surface area (Å²) in [6.45, 7) is 1.42. The van der Waals surface area contributed by atoms with Crippen molar-refractivity contribution >= 4 is 47.8 Å². The van der Waals surface area contributed by atoms with Crippen molar-refractivity contribution < 1.29 is 9.47 Å². The minimum atomic E-state index is 0.275. The van der Waals surface area contributed by atoms with E-state index in [1.807, 2.05) is 12.1 Å². The van der Waals surface area contributed by atoms with Crippen molar-refractivity contribution in [2.45, 2.75) is 6.10 Å². The van der Waals surface area contributed by atoms with E-state index in [2.05, 4.69) is 47.8 Å². The molecule has 1 atom stereocenters. The highest BCUT2D eigenvalue weighted by molar-refractivity contribution is 9.11. The summed E-state index contributed by atoms with van der Waals surface area (Å²) >= 11 is 10.3. The molecule has 1 aliphatic rings. The molecule has 1 fully saturated rings. The van der Waals surface area contributed by atoms with Gasteiger partial charge in [-0.05, 0) is 44.0 Å². The molecule has 1 saturated heterocycles. The molecule has 0 aromatic heterocycles. The van der Waals surface area contributed by atoms with Crippen LogP contribution in [0.4, 0.5) is 0 Å². The second-order valence-electron chi connectivity index (χ2n) is 2.96. The van der Waals surface area contributed by atoms with Crippen LogP contribution in [0.5, 0.6) is 5.75 Å². The lowest BCUT2D eigenvalue weighted by Crippen LogP contribution is -2.04. The molecule has 0 radical (unpaired) electrons. The van der Waals surface area contributed by atoms with Gasteiger partial charge < -0.3 is 9.47 Å². The molecule has 0 unspecified atom stereocenters. The van der Waals surface area contributed by atoms with Crippen molar-refractivity contribution in [2.75, 3.05) is 13.2 Å². The van der Waals surface area contributed by atoms with Crippen LogP contribution in [-0.2, 0) is 4.74 Å². The van der Waals surface area contributed by atoms with Gasteiger partial charge in [-0.3, -0.25) is 0 Å². The van der Waals surface area contributed by atoms with Crippen molar-refractivity contribution in [1.29, 1.82) is 0 Å². The smallest absolute Gasteiger partial charge is 0.147 e. The summed E-state index contributed by atoms with van der Waals surface area (Å²) < 4.78 is 13.5. The average Bonchev–Trinajstić information content (AvgIpc) is 2.85. The Kier molecular flexibility index (Phi) is 3.52. The first-order valence-corrected chi connectivity index (χ1v) is 6.43. The van der Waals surface area contributed by atoms with E-state index < -0.39 is 0 Å². The topological polar surface area (TPSA) is 21.8 Å². The summed E-state index contributed by atoms with van der Waals surface area (Å²) in [5.74, 6) is 0.823. The standard InChI is InChI=1S/C9H7Br3O2/c10-5-1-7(11)9(8(12)2-5)14-4-6-3-13-6/h1-2,6H,3-4H2/t6-/m0/s1. The van der Waals surface area contributed by atoms with E-state index in [0.29, 0.717) is 6.61 Å². The molecule has 1 aromatic rings. The molecule has 76 valence electrons. The Balaban J connectivity index is 2.13. The molecule has 0 spiro atoms. The quantitative estimate of drug-likeness (QED) is 0.738. The maximum absolute atomic E-state index is 5.61. The lowest BCUT2D eigenvalue weighted by atomic mass is 10.3. The molecule has 0 amide bonds. The van der Waals surface area contributed by atoms with Crippen molar-refractivity contribution in [3.05, 3.63) is 25.6 Å². The van der Waals surface area contributed by atoms with Gasteiger partial charge in [0.2, 0.25) is 0 Å². The zero-order valence-corrected chi connectivity index (χ0v) is 11.9. The molecule has 0 bridgehead atoms. The first kappa shape index (κ1) is 10.9. The van der Waals surface area contributed by atoms with Gasteiger partial charge in [-0.2, -0.15) is 0 Å². The average molecular weight is 387 g/mol. The molecule has 0 aliphatic carbocycles. The maximum Gasteiger partial charge on any atom is 0.147 e. The van der Waals surface area contributed by atoms with Crippen LogP contribution in [0.15, 0.2) is 25.6 Å². The summed E-state index contributed by atoms with van der Waals surface area (Å²) in [6.07, 6.45) is 0.275. The first-order chi connectivity index (χ1) is 6.66. The monoisotopic (exact) mass is 384 g/mol. The molecule has 1 heterocycles. The van der Waals surface area contributed by atoms with Crippen molar-refractivity contribution in [3.8, 4) is 5.75 Å². The molecule has 0 saturated carbocycles. The Morgan fingerprint density at radius 2 is 1.86 bits per heavy atom. The molecule has 1 aromatic carbocycles. The van der Waals surface area contributed by atoms with Crippen LogP contribution in [0.25, 0.3) is 0 Å². The zero-order valence-electron chi connectivity index (χ0n) is 7.10. The second kappa shape index (κ2) is 4.51. The summed E-state index contributed by atoms with van der Waals surface area (Å²) in [4.78, 5) is 0. The highest BCUT2D eigenvalue weighted by atomic mass is 79.9. The number of ether oxygens (including phenoxy) is 2. The maximum atomic E-state index is 5.61. The van der Waals surface area contributed by atoms with Crippen molar-refractivity contribution in [2.24, 2.45) is 0 Å². The van der Waals surface area contributed by atoms with Crippen LogP contribution < -0.4 is 4.74 Å². The lowest BCUT2D eigenvalue weighted by Gasteiger charge is -2.09. The van der Waals surface area contributed by atoms with Crippen LogP contribution in [0.1, 0.15) is 0 Å². The van der Waals surface area contributed by atoms with Gasteiger partial charge in [0.15, 0.2) is 0 Å². The van der Waals surface area contributed by atoms with E-state index in [-0.39, 0.29) is 6.10 Å². The number of epoxide rings is 1. The molecule has 5 heteroatoms. The minimum absolute atomic E-state index is 0.275. The van der Waals surface area contributed by atoms with E-state index in [9.17, 15) is 0 Å².